The maximum Gasteiger partial charge on any atom is 0.224 e. The first-order valence-corrected chi connectivity index (χ1v) is 11.9. The second-order valence-electron chi connectivity index (χ2n) is 7.88. The highest BCUT2D eigenvalue weighted by Gasteiger charge is 2.23. The summed E-state index contributed by atoms with van der Waals surface area (Å²) >= 11 is 1.79. The molecule has 0 aliphatic carbocycles. The monoisotopic (exact) mass is 569 g/mol. The number of hydrogen-bond donors (Lipinski definition) is 2. The molecule has 4 rings (SSSR count). The predicted molar refractivity (Wildman–Crippen MR) is 141 cm³/mol. The van der Waals surface area contributed by atoms with Crippen molar-refractivity contribution in [1.29, 1.82) is 0 Å². The molecule has 2 aliphatic rings. The van der Waals surface area contributed by atoms with E-state index < -0.39 is 0 Å². The van der Waals surface area contributed by atoms with E-state index >= 15 is 0 Å². The molecule has 3 heterocycles. The number of anilines is 1. The topological polar surface area (TPSA) is 71.4 Å². The molecule has 2 aromatic rings. The summed E-state index contributed by atoms with van der Waals surface area (Å²) in [6.45, 7) is 8.16. The van der Waals surface area contributed by atoms with E-state index in [1.54, 1.807) is 17.4 Å². The molecule has 7 nitrogen and oxygen atoms in total. The Morgan fingerprint density at radius 2 is 1.91 bits per heavy atom. The Balaban J connectivity index is 0.00000289. The summed E-state index contributed by atoms with van der Waals surface area (Å²) in [6.07, 6.45) is 1.40. The van der Waals surface area contributed by atoms with Gasteiger partial charge in [0.25, 0.3) is 0 Å². The number of benzene rings is 1. The number of halogens is 1. The first-order chi connectivity index (χ1) is 15.2. The highest BCUT2D eigenvalue weighted by Crippen LogP contribution is 2.27. The first-order valence-electron chi connectivity index (χ1n) is 11.0. The number of thiophene rings is 1. The number of phenolic OH excluding ortho intramolecular Hbond substituents is 1. The van der Waals surface area contributed by atoms with Crippen LogP contribution < -0.4 is 10.2 Å². The van der Waals surface area contributed by atoms with Crippen LogP contribution in [0.4, 0.5) is 5.69 Å². The molecule has 174 valence electrons. The molecule has 0 bridgehead atoms. The normalized spacial score (nSPS) is 16.4. The van der Waals surface area contributed by atoms with Gasteiger partial charge >= 0.3 is 0 Å². The maximum atomic E-state index is 12.7. The Labute approximate surface area is 211 Å². The van der Waals surface area contributed by atoms with E-state index in [-0.39, 0.29) is 29.9 Å². The number of piperazine rings is 1. The van der Waals surface area contributed by atoms with E-state index in [1.807, 2.05) is 23.1 Å². The van der Waals surface area contributed by atoms with Gasteiger partial charge in [-0.15, -0.1) is 35.3 Å². The molecule has 0 radical (unpaired) electrons. The van der Waals surface area contributed by atoms with Crippen molar-refractivity contribution in [2.45, 2.75) is 26.3 Å². The molecule has 1 aromatic heterocycles. The number of carbonyl (C=O) groups excluding carboxylic acids is 1. The van der Waals surface area contributed by atoms with Crippen molar-refractivity contribution in [2.24, 2.45) is 4.99 Å². The van der Waals surface area contributed by atoms with E-state index in [0.717, 1.165) is 63.9 Å². The van der Waals surface area contributed by atoms with E-state index in [9.17, 15) is 9.90 Å². The highest BCUT2D eigenvalue weighted by molar-refractivity contribution is 14.0. The number of guanidine groups is 1. The van der Waals surface area contributed by atoms with Gasteiger partial charge in [0.05, 0.1) is 12.2 Å². The van der Waals surface area contributed by atoms with Crippen LogP contribution in [0, 0.1) is 0 Å². The molecule has 9 heteroatoms. The van der Waals surface area contributed by atoms with E-state index in [1.165, 1.54) is 10.4 Å². The lowest BCUT2D eigenvalue weighted by Crippen LogP contribution is -2.52. The van der Waals surface area contributed by atoms with Gasteiger partial charge in [0.2, 0.25) is 5.91 Å². The van der Waals surface area contributed by atoms with E-state index in [4.69, 9.17) is 4.99 Å². The number of aliphatic imine (C=N–C) groups is 1. The van der Waals surface area contributed by atoms with Gasteiger partial charge in [0, 0.05) is 57.1 Å². The van der Waals surface area contributed by atoms with E-state index in [0.29, 0.717) is 18.7 Å². The van der Waals surface area contributed by atoms with Crippen molar-refractivity contribution in [3.63, 3.8) is 0 Å². The lowest BCUT2D eigenvalue weighted by Gasteiger charge is -2.37. The molecule has 2 aliphatic heterocycles. The van der Waals surface area contributed by atoms with Crippen molar-refractivity contribution in [1.82, 2.24) is 15.1 Å². The summed E-state index contributed by atoms with van der Waals surface area (Å²) in [5.74, 6) is 1.37. The fourth-order valence-corrected chi connectivity index (χ4v) is 5.08. The second kappa shape index (κ2) is 11.7. The Hall–Kier alpha value is -2.01. The van der Waals surface area contributed by atoms with Gasteiger partial charge in [-0.05, 0) is 42.5 Å². The molecule has 0 unspecified atom stereocenters. The number of hydrogen-bond acceptors (Lipinski definition) is 5. The summed E-state index contributed by atoms with van der Waals surface area (Å²) in [4.78, 5) is 25.2. The molecule has 0 spiro atoms. The highest BCUT2D eigenvalue weighted by atomic mass is 127. The van der Waals surface area contributed by atoms with Gasteiger partial charge in [0.1, 0.15) is 5.75 Å². The fraction of sp³-hybridized carbons (Fsp3) is 0.478. The zero-order valence-corrected chi connectivity index (χ0v) is 21.6. The van der Waals surface area contributed by atoms with Crippen molar-refractivity contribution < 1.29 is 9.90 Å². The van der Waals surface area contributed by atoms with Crippen molar-refractivity contribution in [2.75, 3.05) is 50.7 Å². The van der Waals surface area contributed by atoms with Crippen LogP contribution in [0.25, 0.3) is 0 Å². The lowest BCUT2D eigenvalue weighted by molar-refractivity contribution is -0.131. The van der Waals surface area contributed by atoms with Crippen LogP contribution in [0.2, 0.25) is 0 Å². The number of para-hydroxylation sites is 2. The second-order valence-corrected chi connectivity index (χ2v) is 8.88. The molecular formula is C23H32IN5O2S. The molecule has 32 heavy (non-hydrogen) atoms. The third kappa shape index (κ3) is 5.86. The number of nitrogens with zero attached hydrogens (tertiary/aromatic N) is 4. The van der Waals surface area contributed by atoms with E-state index in [2.05, 4.69) is 33.5 Å². The summed E-state index contributed by atoms with van der Waals surface area (Å²) in [6, 6.07) is 9.61. The number of rotatable bonds is 5. The minimum atomic E-state index is 0. The molecule has 2 N–H and O–H groups in total. The van der Waals surface area contributed by atoms with Crippen molar-refractivity contribution in [3.8, 4) is 5.75 Å². The van der Waals surface area contributed by atoms with Gasteiger partial charge in [-0.1, -0.05) is 12.1 Å². The average molecular weight is 570 g/mol. The van der Waals surface area contributed by atoms with Crippen molar-refractivity contribution >= 4 is 52.9 Å². The third-order valence-corrected chi connectivity index (χ3v) is 6.91. The van der Waals surface area contributed by atoms with Gasteiger partial charge in [-0.25, -0.2) is 0 Å². The fourth-order valence-electron chi connectivity index (χ4n) is 4.19. The van der Waals surface area contributed by atoms with Crippen LogP contribution in [-0.2, 0) is 17.8 Å². The maximum absolute atomic E-state index is 12.7. The number of nitrogens with one attached hydrogen (secondary N) is 1. The Bertz CT molecular complexity index is 927. The smallest absolute Gasteiger partial charge is 0.224 e. The number of aromatic hydroxyl groups is 1. The third-order valence-electron chi connectivity index (χ3n) is 5.88. The van der Waals surface area contributed by atoms with Gasteiger partial charge in [-0.3, -0.25) is 9.79 Å². The van der Waals surface area contributed by atoms with Crippen LogP contribution >= 0.6 is 35.3 Å². The lowest BCUT2D eigenvalue weighted by atomic mass is 10.1. The number of fused-ring (bicyclic) bond motifs is 1. The zero-order chi connectivity index (χ0) is 21.6. The minimum Gasteiger partial charge on any atom is -0.506 e. The quantitative estimate of drug-likeness (QED) is 0.329. The van der Waals surface area contributed by atoms with Gasteiger partial charge in [0.15, 0.2) is 5.96 Å². The first kappa shape index (κ1) is 24.6. The molecule has 0 atom stereocenters. The van der Waals surface area contributed by atoms with Crippen LogP contribution in [0.5, 0.6) is 5.75 Å². The molecule has 1 amide bonds. The Morgan fingerprint density at radius 3 is 2.66 bits per heavy atom. The SMILES string of the molecule is CCNC(=NCCC(=O)N1CCc2sccc2C1)N1CCN(c2ccccc2O)CC1.I. The number of carbonyl (C=O) groups is 1. The standard InChI is InChI=1S/C23H31N5O2S.HI/c1-2-24-23(27-14-12-26(13-15-27)19-5-3-4-6-20(19)29)25-10-7-22(30)28-11-8-21-18(17-28)9-16-31-21;/h3-6,9,16,29H,2,7-8,10-15,17H2,1H3,(H,24,25);1H. The number of phenols is 1. The summed E-state index contributed by atoms with van der Waals surface area (Å²) in [5, 5.41) is 15.6. The van der Waals surface area contributed by atoms with Crippen LogP contribution in [-0.4, -0.2) is 72.6 Å². The van der Waals surface area contributed by atoms with Crippen LogP contribution in [0.15, 0.2) is 40.7 Å². The molecule has 1 saturated heterocycles. The zero-order valence-electron chi connectivity index (χ0n) is 18.5. The molecule has 1 fully saturated rings. The van der Waals surface area contributed by atoms with Gasteiger partial charge in [-0.2, -0.15) is 0 Å². The summed E-state index contributed by atoms with van der Waals surface area (Å²) < 4.78 is 0. The van der Waals surface area contributed by atoms with Gasteiger partial charge < -0.3 is 25.1 Å². The predicted octanol–water partition coefficient (Wildman–Crippen LogP) is 3.13. The Kier molecular flexibility index (Phi) is 9.03. The van der Waals surface area contributed by atoms with Crippen LogP contribution in [0.3, 0.4) is 0 Å². The largest absolute Gasteiger partial charge is 0.506 e. The minimum absolute atomic E-state index is 0. The average Bonchev–Trinajstić information content (AvgIpc) is 3.27. The van der Waals surface area contributed by atoms with Crippen LogP contribution in [0.1, 0.15) is 23.8 Å². The molecular weight excluding hydrogens is 537 g/mol. The molecule has 0 saturated carbocycles. The molecule has 1 aromatic carbocycles. The summed E-state index contributed by atoms with van der Waals surface area (Å²) in [7, 11) is 0. The summed E-state index contributed by atoms with van der Waals surface area (Å²) in [5.41, 5.74) is 2.17. The number of amides is 1. The van der Waals surface area contributed by atoms with Crippen molar-refractivity contribution in [3.05, 3.63) is 46.2 Å². The Morgan fingerprint density at radius 1 is 1.12 bits per heavy atom.